The van der Waals surface area contributed by atoms with Gasteiger partial charge in [-0.2, -0.15) is 0 Å². The van der Waals surface area contributed by atoms with Gasteiger partial charge in [0.2, 0.25) is 11.8 Å². The van der Waals surface area contributed by atoms with Crippen LogP contribution in [0, 0.1) is 25.6 Å². The van der Waals surface area contributed by atoms with Crippen LogP contribution >= 0.6 is 0 Å². The van der Waals surface area contributed by atoms with Gasteiger partial charge in [0, 0.05) is 24.7 Å². The molecule has 1 N–H and O–H groups in total. The summed E-state index contributed by atoms with van der Waals surface area (Å²) >= 11 is 0. The summed E-state index contributed by atoms with van der Waals surface area (Å²) in [5.41, 5.74) is 2.04. The Morgan fingerprint density at radius 3 is 2.12 bits per heavy atom. The highest BCUT2D eigenvalue weighted by Gasteiger charge is 2.33. The van der Waals surface area contributed by atoms with Gasteiger partial charge in [0.1, 0.15) is 18.4 Å². The van der Waals surface area contributed by atoms with E-state index < -0.39 is 40.2 Å². The normalized spacial score (nSPS) is 12.0. The molecule has 9 nitrogen and oxygen atoms in total. The van der Waals surface area contributed by atoms with Crippen LogP contribution in [0.5, 0.6) is 11.5 Å². The molecular formula is C32H40FN3O6S. The summed E-state index contributed by atoms with van der Waals surface area (Å²) in [6.45, 7) is 8.57. The average Bonchev–Trinajstić information content (AvgIpc) is 2.96. The lowest BCUT2D eigenvalue weighted by Crippen LogP contribution is -2.51. The monoisotopic (exact) mass is 613 g/mol. The zero-order valence-electron chi connectivity index (χ0n) is 25.7. The van der Waals surface area contributed by atoms with E-state index in [9.17, 15) is 22.4 Å². The molecule has 0 spiro atoms. The van der Waals surface area contributed by atoms with Crippen molar-refractivity contribution in [3.63, 3.8) is 0 Å². The molecule has 43 heavy (non-hydrogen) atoms. The molecule has 1 unspecified atom stereocenters. The molecule has 0 aromatic heterocycles. The maximum absolute atomic E-state index is 14.7. The fourth-order valence-corrected chi connectivity index (χ4v) is 5.99. The number of carbonyl (C=O) groups excluding carboxylic acids is 2. The Labute approximate surface area is 253 Å². The number of amides is 2. The minimum Gasteiger partial charge on any atom is -0.493 e. The van der Waals surface area contributed by atoms with Gasteiger partial charge in [-0.05, 0) is 68.1 Å². The Morgan fingerprint density at radius 2 is 1.53 bits per heavy atom. The van der Waals surface area contributed by atoms with E-state index in [0.29, 0.717) is 12.3 Å². The predicted octanol–water partition coefficient (Wildman–Crippen LogP) is 4.84. The lowest BCUT2D eigenvalue weighted by Gasteiger charge is -2.32. The minimum atomic E-state index is -4.35. The van der Waals surface area contributed by atoms with Gasteiger partial charge >= 0.3 is 0 Å². The number of benzene rings is 3. The zero-order valence-corrected chi connectivity index (χ0v) is 26.5. The van der Waals surface area contributed by atoms with Gasteiger partial charge in [0.25, 0.3) is 10.0 Å². The number of methoxy groups -OCH3 is 2. The second kappa shape index (κ2) is 14.4. The topological polar surface area (TPSA) is 105 Å². The van der Waals surface area contributed by atoms with Crippen LogP contribution in [0.15, 0.2) is 65.6 Å². The maximum atomic E-state index is 14.7. The van der Waals surface area contributed by atoms with E-state index in [1.165, 1.54) is 55.5 Å². The van der Waals surface area contributed by atoms with E-state index in [1.807, 2.05) is 33.8 Å². The van der Waals surface area contributed by atoms with Crippen molar-refractivity contribution < 1.29 is 31.9 Å². The highest BCUT2D eigenvalue weighted by molar-refractivity contribution is 7.92. The third-order valence-corrected chi connectivity index (χ3v) is 8.64. The third-order valence-electron chi connectivity index (χ3n) is 6.87. The van der Waals surface area contributed by atoms with Gasteiger partial charge in [-0.3, -0.25) is 13.9 Å². The molecule has 0 bridgehead atoms. The molecule has 0 saturated heterocycles. The number of nitrogens with zero attached hydrogens (tertiary/aromatic N) is 2. The van der Waals surface area contributed by atoms with E-state index in [-0.39, 0.29) is 34.4 Å². The number of ether oxygens (including phenoxy) is 2. The molecule has 0 fully saturated rings. The number of halogens is 1. The van der Waals surface area contributed by atoms with Crippen molar-refractivity contribution in [2.75, 3.05) is 31.6 Å². The summed E-state index contributed by atoms with van der Waals surface area (Å²) in [5, 5.41) is 2.81. The molecule has 3 aromatic rings. The molecule has 0 heterocycles. The Hall–Kier alpha value is -4.12. The number of anilines is 1. The number of carbonyl (C=O) groups is 2. The summed E-state index contributed by atoms with van der Waals surface area (Å²) in [6.07, 6.45) is 0. The Morgan fingerprint density at radius 1 is 0.907 bits per heavy atom. The summed E-state index contributed by atoms with van der Waals surface area (Å²) in [6, 6.07) is 14.3. The van der Waals surface area contributed by atoms with Crippen LogP contribution in [0.2, 0.25) is 0 Å². The van der Waals surface area contributed by atoms with Gasteiger partial charge in [-0.25, -0.2) is 12.8 Å². The molecule has 0 aliphatic heterocycles. The van der Waals surface area contributed by atoms with Crippen molar-refractivity contribution >= 4 is 27.5 Å². The number of hydrogen-bond acceptors (Lipinski definition) is 6. The van der Waals surface area contributed by atoms with Crippen molar-refractivity contribution in [1.29, 1.82) is 0 Å². The predicted molar refractivity (Wildman–Crippen MR) is 164 cm³/mol. The molecule has 0 aliphatic rings. The first-order chi connectivity index (χ1) is 20.3. The van der Waals surface area contributed by atoms with E-state index in [4.69, 9.17) is 9.47 Å². The van der Waals surface area contributed by atoms with Crippen molar-refractivity contribution in [3.8, 4) is 11.5 Å². The van der Waals surface area contributed by atoms with Crippen LogP contribution in [0.3, 0.4) is 0 Å². The largest absolute Gasteiger partial charge is 0.493 e. The molecule has 3 rings (SSSR count). The SMILES string of the molecule is COc1ccc(S(=O)(=O)N(CC(=O)N(Cc2ccccc2F)C(C)C(=O)NCC(C)C)c2cc(C)cc(C)c2)cc1OC. The van der Waals surface area contributed by atoms with E-state index in [0.717, 1.165) is 15.4 Å². The van der Waals surface area contributed by atoms with Crippen LogP contribution in [0.1, 0.15) is 37.5 Å². The van der Waals surface area contributed by atoms with Gasteiger partial charge in [0.05, 0.1) is 24.8 Å². The second-order valence-corrected chi connectivity index (χ2v) is 12.7. The zero-order chi connectivity index (χ0) is 31.9. The van der Waals surface area contributed by atoms with E-state index in [1.54, 1.807) is 25.1 Å². The average molecular weight is 614 g/mol. The lowest BCUT2D eigenvalue weighted by molar-refractivity contribution is -0.139. The Bertz CT molecular complexity index is 1540. The molecule has 3 aromatic carbocycles. The van der Waals surface area contributed by atoms with Crippen LogP contribution in [-0.4, -0.2) is 58.5 Å². The first-order valence-corrected chi connectivity index (χ1v) is 15.4. The van der Waals surface area contributed by atoms with Crippen LogP contribution in [-0.2, 0) is 26.2 Å². The van der Waals surface area contributed by atoms with Crippen LogP contribution in [0.4, 0.5) is 10.1 Å². The first-order valence-electron chi connectivity index (χ1n) is 13.9. The second-order valence-electron chi connectivity index (χ2n) is 10.8. The molecule has 0 aliphatic carbocycles. The van der Waals surface area contributed by atoms with Gasteiger partial charge in [0.15, 0.2) is 11.5 Å². The molecule has 0 saturated carbocycles. The number of sulfonamides is 1. The first kappa shape index (κ1) is 33.4. The van der Waals surface area contributed by atoms with E-state index in [2.05, 4.69) is 5.32 Å². The molecule has 232 valence electrons. The smallest absolute Gasteiger partial charge is 0.264 e. The summed E-state index contributed by atoms with van der Waals surface area (Å²) < 4.78 is 54.7. The van der Waals surface area contributed by atoms with Crippen molar-refractivity contribution in [2.24, 2.45) is 5.92 Å². The summed E-state index contributed by atoms with van der Waals surface area (Å²) in [4.78, 5) is 28.3. The highest BCUT2D eigenvalue weighted by Crippen LogP contribution is 2.33. The standard InChI is InChI=1S/C32H40FN3O6S/c1-21(2)18-34-32(38)24(5)35(19-25-10-8-9-11-28(25)33)31(37)20-36(26-15-22(3)14-23(4)16-26)43(39,40)27-12-13-29(41-6)30(17-27)42-7/h8-17,21,24H,18-20H2,1-7H3,(H,34,38). The third kappa shape index (κ3) is 8.25. The molecule has 0 radical (unpaired) electrons. The maximum Gasteiger partial charge on any atom is 0.264 e. The summed E-state index contributed by atoms with van der Waals surface area (Å²) in [7, 11) is -1.51. The fourth-order valence-electron chi connectivity index (χ4n) is 4.57. The molecule has 11 heteroatoms. The van der Waals surface area contributed by atoms with Gasteiger partial charge in [-0.1, -0.05) is 38.1 Å². The van der Waals surface area contributed by atoms with Gasteiger partial charge in [-0.15, -0.1) is 0 Å². The van der Waals surface area contributed by atoms with Gasteiger partial charge < -0.3 is 19.7 Å². The Balaban J connectivity index is 2.10. The summed E-state index contributed by atoms with van der Waals surface area (Å²) in [5.74, 6) is -0.949. The van der Waals surface area contributed by atoms with Crippen molar-refractivity contribution in [2.45, 2.75) is 52.1 Å². The Kier molecular flexibility index (Phi) is 11.2. The lowest BCUT2D eigenvalue weighted by atomic mass is 10.1. The quantitative estimate of drug-likeness (QED) is 0.296. The highest BCUT2D eigenvalue weighted by atomic mass is 32.2. The number of hydrogen-bond donors (Lipinski definition) is 1. The fraction of sp³-hybridized carbons (Fsp3) is 0.375. The minimum absolute atomic E-state index is 0.125. The number of aryl methyl sites for hydroxylation is 2. The molecular weight excluding hydrogens is 573 g/mol. The van der Waals surface area contributed by atoms with E-state index >= 15 is 0 Å². The van der Waals surface area contributed by atoms with Crippen LogP contribution < -0.4 is 19.1 Å². The van der Waals surface area contributed by atoms with Crippen LogP contribution in [0.25, 0.3) is 0 Å². The number of nitrogens with one attached hydrogen (secondary N) is 1. The van der Waals surface area contributed by atoms with Crippen molar-refractivity contribution in [3.05, 3.63) is 83.2 Å². The molecule has 2 amide bonds. The number of rotatable bonds is 13. The van der Waals surface area contributed by atoms with Crippen molar-refractivity contribution in [1.82, 2.24) is 10.2 Å². The molecule has 1 atom stereocenters.